The lowest BCUT2D eigenvalue weighted by atomic mass is 10.1. The molecule has 3 N–H and O–H groups in total. The quantitative estimate of drug-likeness (QED) is 0.762. The molecule has 1 aliphatic heterocycles. The maximum atomic E-state index is 11.6. The highest BCUT2D eigenvalue weighted by molar-refractivity contribution is 7.10. The van der Waals surface area contributed by atoms with Crippen LogP contribution in [0, 0.1) is 18.3 Å². The Kier molecular flexibility index (Phi) is 5.53. The molecule has 2 aromatic heterocycles. The number of anilines is 3. The summed E-state index contributed by atoms with van der Waals surface area (Å²) in [4.78, 5) is 18.0. The molecule has 0 radical (unpaired) electrons. The Labute approximate surface area is 156 Å². The van der Waals surface area contributed by atoms with Crippen LogP contribution in [0.1, 0.15) is 24.2 Å². The van der Waals surface area contributed by atoms with E-state index in [2.05, 4.69) is 36.3 Å². The van der Waals surface area contributed by atoms with E-state index in [1.807, 2.05) is 19.1 Å². The topological polar surface area (TPSA) is 106 Å². The van der Waals surface area contributed by atoms with Gasteiger partial charge in [-0.3, -0.25) is 0 Å². The van der Waals surface area contributed by atoms with E-state index in [0.29, 0.717) is 17.9 Å². The van der Waals surface area contributed by atoms with Gasteiger partial charge in [-0.2, -0.15) is 9.64 Å². The molecule has 1 aliphatic rings. The lowest BCUT2D eigenvalue weighted by Gasteiger charge is -2.34. The van der Waals surface area contributed by atoms with Crippen molar-refractivity contribution in [1.82, 2.24) is 20.0 Å². The average Bonchev–Trinajstić information content (AvgIpc) is 3.06. The van der Waals surface area contributed by atoms with Crippen LogP contribution in [0.5, 0.6) is 0 Å². The van der Waals surface area contributed by atoms with Gasteiger partial charge in [0.2, 0.25) is 0 Å². The van der Waals surface area contributed by atoms with Crippen LogP contribution in [-0.4, -0.2) is 41.6 Å². The molecular formula is C17H21N7OS. The van der Waals surface area contributed by atoms with Crippen LogP contribution in [0.4, 0.5) is 21.2 Å². The predicted molar refractivity (Wildman–Crippen MR) is 102 cm³/mol. The van der Waals surface area contributed by atoms with Gasteiger partial charge in [0.15, 0.2) is 5.69 Å². The van der Waals surface area contributed by atoms with E-state index < -0.39 is 0 Å². The first-order chi connectivity index (χ1) is 12.6. The predicted octanol–water partition coefficient (Wildman–Crippen LogP) is 2.36. The fourth-order valence-corrected chi connectivity index (χ4v) is 3.63. The number of nitrogens with one attached hydrogen (secondary N) is 3. The summed E-state index contributed by atoms with van der Waals surface area (Å²) in [7, 11) is 1.61. The summed E-state index contributed by atoms with van der Waals surface area (Å²) in [5.41, 5.74) is 2.86. The van der Waals surface area contributed by atoms with E-state index in [4.69, 9.17) is 0 Å². The molecule has 9 heteroatoms. The zero-order valence-corrected chi connectivity index (χ0v) is 15.6. The van der Waals surface area contributed by atoms with Gasteiger partial charge in [-0.1, -0.05) is 0 Å². The number of nitrogens with zero attached hydrogens (tertiary/aromatic N) is 4. The van der Waals surface area contributed by atoms with Crippen LogP contribution in [0.3, 0.4) is 0 Å². The molecule has 136 valence electrons. The molecule has 1 saturated heterocycles. The highest BCUT2D eigenvalue weighted by atomic mass is 32.1. The molecular weight excluding hydrogens is 350 g/mol. The number of urea groups is 1. The van der Waals surface area contributed by atoms with E-state index in [9.17, 15) is 10.1 Å². The minimum atomic E-state index is -0.169. The molecule has 0 saturated carbocycles. The summed E-state index contributed by atoms with van der Waals surface area (Å²) >= 11 is 1.35. The van der Waals surface area contributed by atoms with Gasteiger partial charge in [0, 0.05) is 26.2 Å². The van der Waals surface area contributed by atoms with Crippen molar-refractivity contribution in [3.8, 4) is 6.07 Å². The second-order valence-corrected chi connectivity index (χ2v) is 6.97. The number of piperidine rings is 1. The third-order valence-corrected chi connectivity index (χ3v) is 5.01. The van der Waals surface area contributed by atoms with Crippen LogP contribution in [0.2, 0.25) is 0 Å². The van der Waals surface area contributed by atoms with E-state index in [1.165, 1.54) is 11.5 Å². The molecule has 26 heavy (non-hydrogen) atoms. The van der Waals surface area contributed by atoms with Crippen LogP contribution in [0.15, 0.2) is 18.3 Å². The fraction of sp³-hybridized carbons (Fsp3) is 0.412. The Bertz CT molecular complexity index is 829. The number of nitriles is 1. The number of aryl methyl sites for hydroxylation is 1. The smallest absolute Gasteiger partial charge is 0.314 e. The Morgan fingerprint density at radius 3 is 3.00 bits per heavy atom. The van der Waals surface area contributed by atoms with Gasteiger partial charge in [0.25, 0.3) is 0 Å². The van der Waals surface area contributed by atoms with Gasteiger partial charge in [-0.25, -0.2) is 9.78 Å². The number of amides is 2. The van der Waals surface area contributed by atoms with Crippen molar-refractivity contribution < 1.29 is 4.79 Å². The molecule has 1 fully saturated rings. The molecule has 8 nitrogen and oxygen atoms in total. The lowest BCUT2D eigenvalue weighted by Crippen LogP contribution is -2.50. The first-order valence-electron chi connectivity index (χ1n) is 8.42. The zero-order valence-electron chi connectivity index (χ0n) is 14.7. The highest BCUT2D eigenvalue weighted by Crippen LogP contribution is 2.28. The second kappa shape index (κ2) is 8.01. The molecule has 0 bridgehead atoms. The molecule has 3 rings (SSSR count). The van der Waals surface area contributed by atoms with Crippen molar-refractivity contribution in [2.24, 2.45) is 0 Å². The number of pyridine rings is 1. The summed E-state index contributed by atoms with van der Waals surface area (Å²) < 4.78 is 4.25. The summed E-state index contributed by atoms with van der Waals surface area (Å²) in [6, 6.07) is 5.90. The van der Waals surface area contributed by atoms with Gasteiger partial charge >= 0.3 is 6.03 Å². The largest absolute Gasteiger partial charge is 0.368 e. The van der Waals surface area contributed by atoms with E-state index >= 15 is 0 Å². The number of rotatable bonds is 4. The Morgan fingerprint density at radius 2 is 2.31 bits per heavy atom. The van der Waals surface area contributed by atoms with Crippen molar-refractivity contribution in [2.45, 2.75) is 25.8 Å². The minimum absolute atomic E-state index is 0.0832. The fourth-order valence-electron chi connectivity index (χ4n) is 2.95. The Morgan fingerprint density at radius 1 is 1.46 bits per heavy atom. The molecule has 0 unspecified atom stereocenters. The number of carbonyl (C=O) groups excluding carboxylic acids is 1. The first kappa shape index (κ1) is 17.9. The monoisotopic (exact) mass is 371 g/mol. The van der Waals surface area contributed by atoms with Gasteiger partial charge in [0.05, 0.1) is 23.3 Å². The third kappa shape index (κ3) is 4.21. The Hall–Kier alpha value is -2.86. The summed E-state index contributed by atoms with van der Waals surface area (Å²) in [5, 5.41) is 19.0. The SMILES string of the molecule is CNC(=O)N[C@@H]1CCCN(c2cnc(C#N)c(Nc3cc(C)ns3)c2)C1. The molecule has 2 aromatic rings. The van der Waals surface area contributed by atoms with Crippen molar-refractivity contribution in [3.05, 3.63) is 29.7 Å². The maximum absolute atomic E-state index is 11.6. The van der Waals surface area contributed by atoms with Crippen molar-refractivity contribution >= 4 is 33.9 Å². The zero-order chi connectivity index (χ0) is 18.5. The Balaban J connectivity index is 1.78. The molecule has 0 aromatic carbocycles. The van der Waals surface area contributed by atoms with Crippen LogP contribution < -0.4 is 20.9 Å². The standard InChI is InChI=1S/C17H21N7OS/c1-11-6-16(26-23-11)22-14-7-13(9-20-15(14)8-18)24-5-3-4-12(10-24)21-17(25)19-2/h6-7,9,12,22H,3-5,10H2,1-2H3,(H2,19,21,25)/t12-/m1/s1. The van der Waals surface area contributed by atoms with Crippen molar-refractivity contribution in [3.63, 3.8) is 0 Å². The molecule has 1 atom stereocenters. The minimum Gasteiger partial charge on any atom is -0.368 e. The first-order valence-corrected chi connectivity index (χ1v) is 9.20. The summed E-state index contributed by atoms with van der Waals surface area (Å²) in [6.45, 7) is 3.52. The lowest BCUT2D eigenvalue weighted by molar-refractivity contribution is 0.237. The highest BCUT2D eigenvalue weighted by Gasteiger charge is 2.22. The van der Waals surface area contributed by atoms with Crippen LogP contribution in [0.25, 0.3) is 0 Å². The van der Waals surface area contributed by atoms with E-state index in [0.717, 1.165) is 35.8 Å². The molecule has 3 heterocycles. The molecule has 2 amide bonds. The third-order valence-electron chi connectivity index (χ3n) is 4.21. The summed E-state index contributed by atoms with van der Waals surface area (Å²) in [5.74, 6) is 0. The van der Waals surface area contributed by atoms with Crippen LogP contribution >= 0.6 is 11.5 Å². The number of hydrogen-bond donors (Lipinski definition) is 3. The number of hydrogen-bond acceptors (Lipinski definition) is 7. The average molecular weight is 371 g/mol. The van der Waals surface area contributed by atoms with Gasteiger partial charge in [0.1, 0.15) is 11.1 Å². The van der Waals surface area contributed by atoms with Crippen molar-refractivity contribution in [2.75, 3.05) is 30.4 Å². The number of carbonyl (C=O) groups is 1. The van der Waals surface area contributed by atoms with Gasteiger partial charge < -0.3 is 20.9 Å². The van der Waals surface area contributed by atoms with Gasteiger partial charge in [-0.15, -0.1) is 0 Å². The number of aromatic nitrogens is 2. The summed E-state index contributed by atoms with van der Waals surface area (Å²) in [6.07, 6.45) is 3.63. The van der Waals surface area contributed by atoms with Crippen LogP contribution in [-0.2, 0) is 0 Å². The van der Waals surface area contributed by atoms with Crippen molar-refractivity contribution in [1.29, 1.82) is 5.26 Å². The normalized spacial score (nSPS) is 16.7. The maximum Gasteiger partial charge on any atom is 0.314 e. The molecule has 0 aliphatic carbocycles. The van der Waals surface area contributed by atoms with E-state index in [1.54, 1.807) is 13.2 Å². The van der Waals surface area contributed by atoms with Gasteiger partial charge in [-0.05, 0) is 43.4 Å². The molecule has 0 spiro atoms. The second-order valence-electron chi connectivity index (χ2n) is 6.17. The van der Waals surface area contributed by atoms with E-state index in [-0.39, 0.29) is 12.1 Å².